The van der Waals surface area contributed by atoms with Gasteiger partial charge in [-0.15, -0.1) is 0 Å². The zero-order valence-electron chi connectivity index (χ0n) is 12.1. The molecule has 0 bridgehead atoms. The number of carboxylic acids is 1. The Bertz CT molecular complexity index is 455. The van der Waals surface area contributed by atoms with Gasteiger partial charge >= 0.3 is 5.97 Å². The molecule has 0 aliphatic heterocycles. The number of benzene rings is 1. The maximum absolute atomic E-state index is 12.4. The van der Waals surface area contributed by atoms with Gasteiger partial charge in [0.2, 0.25) is 0 Å². The van der Waals surface area contributed by atoms with Crippen LogP contribution in [0.15, 0.2) is 24.3 Å². The number of carboxylic acid groups (broad SMARTS) is 1. The normalized spacial score (nSPS) is 11.8. The molecule has 0 heterocycles. The van der Waals surface area contributed by atoms with Gasteiger partial charge in [-0.2, -0.15) is 0 Å². The number of amides is 1. The molecule has 0 saturated carbocycles. The first kappa shape index (κ1) is 16.0. The molecule has 1 unspecified atom stereocenters. The third-order valence-electron chi connectivity index (χ3n) is 3.10. The summed E-state index contributed by atoms with van der Waals surface area (Å²) in [5.74, 6) is -0.591. The highest BCUT2D eigenvalue weighted by atomic mass is 16.5. The Hall–Kier alpha value is -2.04. The maximum Gasteiger partial charge on any atom is 0.323 e. The van der Waals surface area contributed by atoms with Crippen molar-refractivity contribution in [3.63, 3.8) is 0 Å². The van der Waals surface area contributed by atoms with Crippen LogP contribution in [0.1, 0.15) is 37.6 Å². The molecule has 0 spiro atoms. The van der Waals surface area contributed by atoms with Gasteiger partial charge in [0.25, 0.3) is 5.91 Å². The van der Waals surface area contributed by atoms with Crippen molar-refractivity contribution < 1.29 is 19.4 Å². The van der Waals surface area contributed by atoms with Gasteiger partial charge in [-0.3, -0.25) is 9.59 Å². The van der Waals surface area contributed by atoms with Crippen LogP contribution in [0.2, 0.25) is 0 Å². The fourth-order valence-electron chi connectivity index (χ4n) is 1.82. The van der Waals surface area contributed by atoms with Crippen molar-refractivity contribution >= 4 is 11.9 Å². The zero-order valence-corrected chi connectivity index (χ0v) is 12.1. The first-order valence-electron chi connectivity index (χ1n) is 6.75. The summed E-state index contributed by atoms with van der Waals surface area (Å²) in [7, 11) is 0. The summed E-state index contributed by atoms with van der Waals surface area (Å²) >= 11 is 0. The fraction of sp³-hybridized carbons (Fsp3) is 0.467. The van der Waals surface area contributed by atoms with Crippen LogP contribution in [-0.2, 0) is 4.79 Å². The summed E-state index contributed by atoms with van der Waals surface area (Å²) in [5.41, 5.74) is 0.468. The summed E-state index contributed by atoms with van der Waals surface area (Å²) < 4.78 is 5.32. The average molecular weight is 279 g/mol. The first-order chi connectivity index (χ1) is 9.49. The Morgan fingerprint density at radius 1 is 1.25 bits per heavy atom. The van der Waals surface area contributed by atoms with Crippen LogP contribution < -0.4 is 4.74 Å². The number of aliphatic carboxylic acids is 1. The topological polar surface area (TPSA) is 66.8 Å². The van der Waals surface area contributed by atoms with Crippen LogP contribution in [0.3, 0.4) is 0 Å². The molecule has 1 aromatic carbocycles. The summed E-state index contributed by atoms with van der Waals surface area (Å²) in [4.78, 5) is 24.6. The van der Waals surface area contributed by atoms with Gasteiger partial charge in [0.15, 0.2) is 0 Å². The highest BCUT2D eigenvalue weighted by molar-refractivity contribution is 5.96. The van der Waals surface area contributed by atoms with Crippen molar-refractivity contribution in [2.45, 2.75) is 33.2 Å². The third-order valence-corrected chi connectivity index (χ3v) is 3.10. The van der Waals surface area contributed by atoms with Gasteiger partial charge in [-0.1, -0.05) is 6.92 Å². The van der Waals surface area contributed by atoms with E-state index in [4.69, 9.17) is 9.84 Å². The number of ether oxygens (including phenoxy) is 1. The van der Waals surface area contributed by atoms with E-state index in [0.717, 1.165) is 0 Å². The minimum Gasteiger partial charge on any atom is -0.494 e. The second-order valence-corrected chi connectivity index (χ2v) is 4.54. The van der Waals surface area contributed by atoms with Crippen molar-refractivity contribution in [2.24, 2.45) is 0 Å². The second-order valence-electron chi connectivity index (χ2n) is 4.54. The van der Waals surface area contributed by atoms with E-state index in [1.54, 1.807) is 24.3 Å². The van der Waals surface area contributed by atoms with Gasteiger partial charge in [0, 0.05) is 11.6 Å². The molecular formula is C15H21NO4. The lowest BCUT2D eigenvalue weighted by Gasteiger charge is -2.27. The molecule has 1 amide bonds. The van der Waals surface area contributed by atoms with Crippen molar-refractivity contribution in [2.75, 3.05) is 13.2 Å². The molecule has 1 aromatic rings. The Morgan fingerprint density at radius 2 is 1.85 bits per heavy atom. The SMILES string of the molecule is CCOc1ccc(C(=O)N(CC(=O)O)C(C)CC)cc1. The fourth-order valence-corrected chi connectivity index (χ4v) is 1.82. The molecule has 0 radical (unpaired) electrons. The van der Waals surface area contributed by atoms with E-state index < -0.39 is 5.97 Å². The minimum absolute atomic E-state index is 0.120. The zero-order chi connectivity index (χ0) is 15.1. The van der Waals surface area contributed by atoms with E-state index in [1.807, 2.05) is 20.8 Å². The molecule has 0 aliphatic carbocycles. The second kappa shape index (κ2) is 7.53. The molecule has 0 aliphatic rings. The largest absolute Gasteiger partial charge is 0.494 e. The van der Waals surface area contributed by atoms with E-state index in [2.05, 4.69) is 0 Å². The molecule has 1 N–H and O–H groups in total. The summed E-state index contributed by atoms with van der Waals surface area (Å²) in [6.45, 7) is 5.92. The molecule has 110 valence electrons. The van der Waals surface area contributed by atoms with E-state index in [1.165, 1.54) is 4.90 Å². The Labute approximate surface area is 119 Å². The number of nitrogens with zero attached hydrogens (tertiary/aromatic N) is 1. The molecule has 5 nitrogen and oxygen atoms in total. The maximum atomic E-state index is 12.4. The lowest BCUT2D eigenvalue weighted by Crippen LogP contribution is -2.41. The van der Waals surface area contributed by atoms with E-state index in [0.29, 0.717) is 24.3 Å². The Morgan fingerprint density at radius 3 is 2.30 bits per heavy atom. The highest BCUT2D eigenvalue weighted by Gasteiger charge is 2.22. The van der Waals surface area contributed by atoms with E-state index >= 15 is 0 Å². The smallest absolute Gasteiger partial charge is 0.323 e. The number of carbonyl (C=O) groups excluding carboxylic acids is 1. The molecule has 0 fully saturated rings. The molecular weight excluding hydrogens is 258 g/mol. The highest BCUT2D eigenvalue weighted by Crippen LogP contribution is 2.15. The van der Waals surface area contributed by atoms with Crippen molar-refractivity contribution in [3.8, 4) is 5.75 Å². The Balaban J connectivity index is 2.90. The number of carbonyl (C=O) groups is 2. The number of rotatable bonds is 7. The Kier molecular flexibility index (Phi) is 6.03. The van der Waals surface area contributed by atoms with Gasteiger partial charge in [0.05, 0.1) is 6.61 Å². The van der Waals surface area contributed by atoms with E-state index in [9.17, 15) is 9.59 Å². The van der Waals surface area contributed by atoms with Crippen LogP contribution in [0.4, 0.5) is 0 Å². The van der Waals surface area contributed by atoms with Crippen LogP contribution in [-0.4, -0.2) is 41.1 Å². The monoisotopic (exact) mass is 279 g/mol. The molecule has 20 heavy (non-hydrogen) atoms. The number of hydrogen-bond donors (Lipinski definition) is 1. The number of hydrogen-bond acceptors (Lipinski definition) is 3. The summed E-state index contributed by atoms with van der Waals surface area (Å²) in [6, 6.07) is 6.62. The first-order valence-corrected chi connectivity index (χ1v) is 6.75. The molecule has 0 saturated heterocycles. The minimum atomic E-state index is -1.01. The average Bonchev–Trinajstić information content (AvgIpc) is 2.44. The standard InChI is InChI=1S/C15H21NO4/c1-4-11(3)16(10-14(17)18)15(19)12-6-8-13(9-7-12)20-5-2/h6-9,11H,4-5,10H2,1-3H3,(H,17,18). The van der Waals surface area contributed by atoms with Gasteiger partial charge in [0.1, 0.15) is 12.3 Å². The predicted molar refractivity (Wildman–Crippen MR) is 76.0 cm³/mol. The van der Waals surface area contributed by atoms with Gasteiger partial charge < -0.3 is 14.7 Å². The predicted octanol–water partition coefficient (Wildman–Crippen LogP) is 2.41. The third kappa shape index (κ3) is 4.26. The lowest BCUT2D eigenvalue weighted by molar-refractivity contribution is -0.138. The summed E-state index contributed by atoms with van der Waals surface area (Å²) in [6.07, 6.45) is 0.704. The molecule has 1 rings (SSSR count). The van der Waals surface area contributed by atoms with Crippen LogP contribution in [0.25, 0.3) is 0 Å². The van der Waals surface area contributed by atoms with E-state index in [-0.39, 0.29) is 18.5 Å². The van der Waals surface area contributed by atoms with Gasteiger partial charge in [-0.25, -0.2) is 0 Å². The van der Waals surface area contributed by atoms with Gasteiger partial charge in [-0.05, 0) is 44.5 Å². The van der Waals surface area contributed by atoms with Crippen LogP contribution in [0.5, 0.6) is 5.75 Å². The molecule has 0 aromatic heterocycles. The van der Waals surface area contributed by atoms with Crippen molar-refractivity contribution in [3.05, 3.63) is 29.8 Å². The lowest BCUT2D eigenvalue weighted by atomic mass is 10.1. The summed E-state index contributed by atoms with van der Waals surface area (Å²) in [5, 5.41) is 8.92. The van der Waals surface area contributed by atoms with Crippen LogP contribution >= 0.6 is 0 Å². The van der Waals surface area contributed by atoms with Crippen molar-refractivity contribution in [1.82, 2.24) is 4.90 Å². The van der Waals surface area contributed by atoms with Crippen LogP contribution in [0, 0.1) is 0 Å². The molecule has 1 atom stereocenters. The van der Waals surface area contributed by atoms with Crippen molar-refractivity contribution in [1.29, 1.82) is 0 Å². The molecule has 5 heteroatoms. The quantitative estimate of drug-likeness (QED) is 0.832.